The van der Waals surface area contributed by atoms with Gasteiger partial charge in [0.25, 0.3) is 0 Å². The van der Waals surface area contributed by atoms with Gasteiger partial charge >= 0.3 is 0 Å². The van der Waals surface area contributed by atoms with Gasteiger partial charge in [0.2, 0.25) is 0 Å². The first-order valence-electron chi connectivity index (χ1n) is 7.33. The van der Waals surface area contributed by atoms with Crippen LogP contribution in [0.25, 0.3) is 10.9 Å². The Kier molecular flexibility index (Phi) is 8.38. The molecule has 5 heteroatoms. The minimum absolute atomic E-state index is 0. The van der Waals surface area contributed by atoms with E-state index in [0.717, 1.165) is 26.1 Å². The molecule has 0 aliphatic heterocycles. The Bertz CT molecular complexity index is 528. The van der Waals surface area contributed by atoms with Crippen LogP contribution >= 0.6 is 12.4 Å². The van der Waals surface area contributed by atoms with Crippen LogP contribution in [0, 0.1) is 0 Å². The summed E-state index contributed by atoms with van der Waals surface area (Å²) < 4.78 is 7.56. The van der Waals surface area contributed by atoms with Crippen molar-refractivity contribution in [2.75, 3.05) is 26.4 Å². The maximum absolute atomic E-state index is 8.62. The molecule has 2 rings (SSSR count). The van der Waals surface area contributed by atoms with E-state index in [1.54, 1.807) is 0 Å². The molecule has 0 spiro atoms. The molecule has 0 saturated heterocycles. The summed E-state index contributed by atoms with van der Waals surface area (Å²) in [4.78, 5) is 0. The summed E-state index contributed by atoms with van der Waals surface area (Å²) in [5.41, 5.74) is 2.64. The number of halogens is 1. The Morgan fingerprint density at radius 1 is 1.24 bits per heavy atom. The molecule has 0 aliphatic rings. The van der Waals surface area contributed by atoms with Crippen molar-refractivity contribution in [2.45, 2.75) is 26.4 Å². The zero-order valence-electron chi connectivity index (χ0n) is 12.5. The molecule has 0 aliphatic carbocycles. The van der Waals surface area contributed by atoms with E-state index < -0.39 is 0 Å². The number of hydrogen-bond acceptors (Lipinski definition) is 3. The molecule has 0 amide bonds. The normalized spacial score (nSPS) is 10.8. The van der Waals surface area contributed by atoms with Crippen molar-refractivity contribution in [3.63, 3.8) is 0 Å². The molecular formula is C16H25ClN2O2. The van der Waals surface area contributed by atoms with E-state index >= 15 is 0 Å². The number of aromatic nitrogens is 1. The van der Waals surface area contributed by atoms with Crippen molar-refractivity contribution < 1.29 is 9.84 Å². The van der Waals surface area contributed by atoms with Crippen molar-refractivity contribution in [1.82, 2.24) is 9.88 Å². The van der Waals surface area contributed by atoms with Crippen molar-refractivity contribution in [1.29, 1.82) is 0 Å². The standard InChI is InChI=1S/C16H24N2O2.ClH/c1-2-8-18-13-14(12-17-7-10-20-11-9-19)15-5-3-4-6-16(15)18;/h3-6,13,17,19H,2,7-12H2,1H3;1H. The highest BCUT2D eigenvalue weighted by molar-refractivity contribution is 5.85. The summed E-state index contributed by atoms with van der Waals surface area (Å²) in [6.45, 7) is 6.04. The number of nitrogens with zero attached hydrogens (tertiary/aromatic N) is 1. The third kappa shape index (κ3) is 5.00. The molecule has 1 aromatic carbocycles. The second-order valence-electron chi connectivity index (χ2n) is 4.88. The maximum Gasteiger partial charge on any atom is 0.0698 e. The summed E-state index contributed by atoms with van der Waals surface area (Å²) in [5, 5.41) is 13.3. The first-order valence-corrected chi connectivity index (χ1v) is 7.33. The molecule has 0 atom stereocenters. The molecule has 1 aromatic heterocycles. The van der Waals surface area contributed by atoms with E-state index in [1.807, 2.05) is 0 Å². The number of aliphatic hydroxyl groups is 1. The third-order valence-electron chi connectivity index (χ3n) is 3.31. The van der Waals surface area contributed by atoms with Gasteiger partial charge in [-0.25, -0.2) is 0 Å². The number of para-hydroxylation sites is 1. The Balaban J connectivity index is 0.00000220. The van der Waals surface area contributed by atoms with E-state index in [-0.39, 0.29) is 19.0 Å². The number of fused-ring (bicyclic) bond motifs is 1. The lowest BCUT2D eigenvalue weighted by Crippen LogP contribution is -2.19. The summed E-state index contributed by atoms with van der Waals surface area (Å²) in [5.74, 6) is 0. The Labute approximate surface area is 132 Å². The topological polar surface area (TPSA) is 46.4 Å². The Morgan fingerprint density at radius 2 is 2.05 bits per heavy atom. The number of hydrogen-bond donors (Lipinski definition) is 2. The van der Waals surface area contributed by atoms with Crippen LogP contribution in [0.4, 0.5) is 0 Å². The van der Waals surface area contributed by atoms with Crippen LogP contribution in [-0.4, -0.2) is 36.0 Å². The van der Waals surface area contributed by atoms with Gasteiger partial charge in [0.05, 0.1) is 19.8 Å². The highest BCUT2D eigenvalue weighted by atomic mass is 35.5. The van der Waals surface area contributed by atoms with Crippen LogP contribution in [0.1, 0.15) is 18.9 Å². The largest absolute Gasteiger partial charge is 0.394 e. The fraction of sp³-hybridized carbons (Fsp3) is 0.500. The zero-order chi connectivity index (χ0) is 14.2. The molecule has 1 heterocycles. The summed E-state index contributed by atoms with van der Waals surface area (Å²) in [7, 11) is 0. The zero-order valence-corrected chi connectivity index (χ0v) is 13.4. The average Bonchev–Trinajstić information content (AvgIpc) is 2.82. The quantitative estimate of drug-likeness (QED) is 0.700. The predicted octanol–water partition coefficient (Wildman–Crippen LogP) is 2.57. The highest BCUT2D eigenvalue weighted by Gasteiger charge is 2.06. The Morgan fingerprint density at radius 3 is 2.81 bits per heavy atom. The number of aliphatic hydroxyl groups excluding tert-OH is 1. The molecule has 0 radical (unpaired) electrons. The summed E-state index contributed by atoms with van der Waals surface area (Å²) in [6, 6.07) is 8.54. The molecule has 4 nitrogen and oxygen atoms in total. The highest BCUT2D eigenvalue weighted by Crippen LogP contribution is 2.21. The third-order valence-corrected chi connectivity index (χ3v) is 3.31. The van der Waals surface area contributed by atoms with Gasteiger partial charge in [-0.1, -0.05) is 25.1 Å². The van der Waals surface area contributed by atoms with Crippen LogP contribution in [0.5, 0.6) is 0 Å². The first kappa shape index (κ1) is 18.0. The van der Waals surface area contributed by atoms with Crippen LogP contribution < -0.4 is 5.32 Å². The minimum Gasteiger partial charge on any atom is -0.394 e. The van der Waals surface area contributed by atoms with Crippen molar-refractivity contribution in [2.24, 2.45) is 0 Å². The van der Waals surface area contributed by atoms with E-state index in [2.05, 4.69) is 47.3 Å². The van der Waals surface area contributed by atoms with Gasteiger partial charge in [-0.2, -0.15) is 0 Å². The van der Waals surface area contributed by atoms with E-state index in [0.29, 0.717) is 13.2 Å². The van der Waals surface area contributed by atoms with Gasteiger partial charge < -0.3 is 19.7 Å². The molecule has 118 valence electrons. The van der Waals surface area contributed by atoms with Crippen molar-refractivity contribution >= 4 is 23.3 Å². The van der Waals surface area contributed by atoms with Gasteiger partial charge in [-0.05, 0) is 18.1 Å². The molecule has 0 saturated carbocycles. The molecular weight excluding hydrogens is 288 g/mol. The summed E-state index contributed by atoms with van der Waals surface area (Å²) >= 11 is 0. The molecule has 21 heavy (non-hydrogen) atoms. The van der Waals surface area contributed by atoms with Gasteiger partial charge in [0.15, 0.2) is 0 Å². The van der Waals surface area contributed by atoms with E-state index in [1.165, 1.54) is 16.5 Å². The molecule has 0 unspecified atom stereocenters. The SMILES string of the molecule is CCCn1cc(CNCCOCCO)c2ccccc21.Cl. The van der Waals surface area contributed by atoms with Gasteiger partial charge in [-0.3, -0.25) is 0 Å². The second kappa shape index (κ2) is 9.79. The van der Waals surface area contributed by atoms with Crippen LogP contribution in [0.15, 0.2) is 30.5 Å². The van der Waals surface area contributed by atoms with Crippen LogP contribution in [0.2, 0.25) is 0 Å². The smallest absolute Gasteiger partial charge is 0.0698 e. The van der Waals surface area contributed by atoms with Crippen LogP contribution in [0.3, 0.4) is 0 Å². The molecule has 0 fully saturated rings. The number of benzene rings is 1. The lowest BCUT2D eigenvalue weighted by Gasteiger charge is -2.04. The molecule has 0 bridgehead atoms. The minimum atomic E-state index is 0. The first-order chi connectivity index (χ1) is 9.86. The fourth-order valence-electron chi connectivity index (χ4n) is 2.42. The van der Waals surface area contributed by atoms with Crippen LogP contribution in [-0.2, 0) is 17.8 Å². The molecule has 2 aromatic rings. The number of ether oxygens (including phenoxy) is 1. The predicted molar refractivity (Wildman–Crippen MR) is 89.1 cm³/mol. The number of nitrogens with one attached hydrogen (secondary N) is 1. The maximum atomic E-state index is 8.62. The average molecular weight is 313 g/mol. The molecule has 2 N–H and O–H groups in total. The lowest BCUT2D eigenvalue weighted by atomic mass is 10.2. The monoisotopic (exact) mass is 312 g/mol. The lowest BCUT2D eigenvalue weighted by molar-refractivity contribution is 0.0938. The van der Waals surface area contributed by atoms with Gasteiger partial charge in [0.1, 0.15) is 0 Å². The fourth-order valence-corrected chi connectivity index (χ4v) is 2.42. The Hall–Kier alpha value is -1.07. The van der Waals surface area contributed by atoms with Crippen molar-refractivity contribution in [3.05, 3.63) is 36.0 Å². The van der Waals surface area contributed by atoms with E-state index in [4.69, 9.17) is 9.84 Å². The van der Waals surface area contributed by atoms with Gasteiger partial charge in [-0.15, -0.1) is 12.4 Å². The van der Waals surface area contributed by atoms with Gasteiger partial charge in [0, 0.05) is 36.7 Å². The number of aryl methyl sites for hydroxylation is 1. The number of rotatable bonds is 9. The van der Waals surface area contributed by atoms with E-state index in [9.17, 15) is 0 Å². The second-order valence-corrected chi connectivity index (χ2v) is 4.88. The van der Waals surface area contributed by atoms with Crippen molar-refractivity contribution in [3.8, 4) is 0 Å². The summed E-state index contributed by atoms with van der Waals surface area (Å²) in [6.07, 6.45) is 3.39.